The zero-order valence-corrected chi connectivity index (χ0v) is 9.74. The number of nitrogens with one attached hydrogen (secondary N) is 1. The first-order valence-corrected chi connectivity index (χ1v) is 5.40. The monoisotopic (exact) mass is 231 g/mol. The van der Waals surface area contributed by atoms with Crippen molar-refractivity contribution in [3.05, 3.63) is 35.5 Å². The van der Waals surface area contributed by atoms with Gasteiger partial charge in [0, 0.05) is 24.1 Å². The number of benzene rings is 1. The third-order valence-corrected chi connectivity index (χ3v) is 2.64. The molecule has 1 heterocycles. The first-order valence-electron chi connectivity index (χ1n) is 5.40. The molecule has 4 heteroatoms. The minimum Gasteiger partial charge on any atom is -0.497 e. The highest BCUT2D eigenvalue weighted by molar-refractivity contribution is 6.20. The van der Waals surface area contributed by atoms with Crippen LogP contribution < -0.4 is 10.1 Å². The van der Waals surface area contributed by atoms with E-state index in [2.05, 4.69) is 5.32 Å². The maximum atomic E-state index is 11.9. The summed E-state index contributed by atoms with van der Waals surface area (Å²) in [4.78, 5) is 23.2. The first-order chi connectivity index (χ1) is 8.15. The van der Waals surface area contributed by atoms with E-state index in [-0.39, 0.29) is 11.6 Å². The van der Waals surface area contributed by atoms with Gasteiger partial charge < -0.3 is 10.1 Å². The number of anilines is 1. The van der Waals surface area contributed by atoms with E-state index < -0.39 is 0 Å². The van der Waals surface area contributed by atoms with Gasteiger partial charge in [0.25, 0.3) is 0 Å². The molecule has 0 aliphatic carbocycles. The Labute approximate surface area is 99.3 Å². The second-order valence-electron chi connectivity index (χ2n) is 3.74. The molecule has 0 radical (unpaired) electrons. The Hall–Kier alpha value is -2.10. The van der Waals surface area contributed by atoms with Crippen LogP contribution in [-0.2, 0) is 4.79 Å². The molecule has 0 bridgehead atoms. The molecule has 1 aliphatic heterocycles. The number of allylic oxidation sites excluding steroid dienone is 2. The number of methoxy groups -OCH3 is 1. The fraction of sp³-hybridized carbons (Fsp3) is 0.231. The van der Waals surface area contributed by atoms with E-state index in [4.69, 9.17) is 4.74 Å². The molecule has 17 heavy (non-hydrogen) atoms. The molecule has 88 valence electrons. The van der Waals surface area contributed by atoms with Gasteiger partial charge in [0.2, 0.25) is 5.78 Å². The summed E-state index contributed by atoms with van der Waals surface area (Å²) in [6.07, 6.45) is 1.74. The summed E-state index contributed by atoms with van der Waals surface area (Å²) in [5.41, 5.74) is 1.59. The van der Waals surface area contributed by atoms with Crippen molar-refractivity contribution >= 4 is 17.3 Å². The van der Waals surface area contributed by atoms with E-state index in [1.807, 2.05) is 0 Å². The Morgan fingerprint density at radius 3 is 2.88 bits per heavy atom. The predicted octanol–water partition coefficient (Wildman–Crippen LogP) is 2.17. The van der Waals surface area contributed by atoms with Crippen molar-refractivity contribution in [2.75, 3.05) is 12.4 Å². The van der Waals surface area contributed by atoms with Crippen LogP contribution in [0.1, 0.15) is 23.7 Å². The third kappa shape index (κ3) is 2.06. The topological polar surface area (TPSA) is 55.4 Å². The molecule has 0 aromatic heterocycles. The quantitative estimate of drug-likeness (QED) is 0.810. The number of carbonyl (C=O) groups excluding carboxylic acids is 2. The average Bonchev–Trinajstić information content (AvgIpc) is 2.65. The van der Waals surface area contributed by atoms with Crippen LogP contribution >= 0.6 is 0 Å². The van der Waals surface area contributed by atoms with Crippen LogP contribution in [-0.4, -0.2) is 18.7 Å². The van der Waals surface area contributed by atoms with Crippen molar-refractivity contribution in [2.24, 2.45) is 0 Å². The van der Waals surface area contributed by atoms with Gasteiger partial charge in [-0.2, -0.15) is 0 Å². The molecule has 1 aromatic carbocycles. The van der Waals surface area contributed by atoms with Crippen LogP contribution in [0.3, 0.4) is 0 Å². The molecule has 1 aliphatic rings. The van der Waals surface area contributed by atoms with Crippen molar-refractivity contribution < 1.29 is 14.3 Å². The SMILES string of the molecule is CCC(=O)/C=C1\Nc2cc(OC)ccc2C1=O. The smallest absolute Gasteiger partial charge is 0.211 e. The van der Waals surface area contributed by atoms with Gasteiger partial charge in [0.05, 0.1) is 18.5 Å². The molecule has 2 rings (SSSR count). The van der Waals surface area contributed by atoms with Gasteiger partial charge in [0.1, 0.15) is 5.75 Å². The van der Waals surface area contributed by atoms with Gasteiger partial charge >= 0.3 is 0 Å². The Balaban J connectivity index is 2.35. The lowest BCUT2D eigenvalue weighted by atomic mass is 10.1. The van der Waals surface area contributed by atoms with E-state index in [1.165, 1.54) is 6.08 Å². The first kappa shape index (κ1) is 11.4. The Kier molecular flexibility index (Phi) is 2.95. The maximum Gasteiger partial charge on any atom is 0.211 e. The summed E-state index contributed by atoms with van der Waals surface area (Å²) in [7, 11) is 1.57. The predicted molar refractivity (Wildman–Crippen MR) is 64.3 cm³/mol. The Morgan fingerprint density at radius 1 is 1.47 bits per heavy atom. The van der Waals surface area contributed by atoms with E-state index in [9.17, 15) is 9.59 Å². The number of ether oxygens (including phenoxy) is 1. The lowest BCUT2D eigenvalue weighted by molar-refractivity contribution is -0.114. The van der Waals surface area contributed by atoms with Crippen LogP contribution in [0.2, 0.25) is 0 Å². The highest BCUT2D eigenvalue weighted by Crippen LogP contribution is 2.31. The number of hydrogen-bond donors (Lipinski definition) is 1. The molecule has 0 unspecified atom stereocenters. The van der Waals surface area contributed by atoms with Gasteiger partial charge in [-0.25, -0.2) is 0 Å². The average molecular weight is 231 g/mol. The van der Waals surface area contributed by atoms with Gasteiger partial charge in [0.15, 0.2) is 5.78 Å². The molecule has 1 aromatic rings. The summed E-state index contributed by atoms with van der Waals surface area (Å²) in [6.45, 7) is 1.76. The van der Waals surface area contributed by atoms with Crippen LogP contribution in [0.15, 0.2) is 30.0 Å². The zero-order valence-electron chi connectivity index (χ0n) is 9.74. The second-order valence-corrected chi connectivity index (χ2v) is 3.74. The van der Waals surface area contributed by atoms with Gasteiger partial charge in [-0.1, -0.05) is 6.92 Å². The van der Waals surface area contributed by atoms with Crippen molar-refractivity contribution in [2.45, 2.75) is 13.3 Å². The number of hydrogen-bond acceptors (Lipinski definition) is 4. The summed E-state index contributed by atoms with van der Waals surface area (Å²) in [5.74, 6) is 0.456. The highest BCUT2D eigenvalue weighted by atomic mass is 16.5. The molecular formula is C13H13NO3. The number of Topliss-reactive ketones (excluding diaryl/α,β-unsaturated/α-hetero) is 1. The van der Waals surface area contributed by atoms with Crippen LogP contribution in [0.4, 0.5) is 5.69 Å². The largest absolute Gasteiger partial charge is 0.497 e. The van der Waals surface area contributed by atoms with Gasteiger partial charge in [-0.05, 0) is 12.1 Å². The van der Waals surface area contributed by atoms with E-state index in [0.29, 0.717) is 29.1 Å². The maximum absolute atomic E-state index is 11.9. The minimum atomic E-state index is -0.149. The zero-order chi connectivity index (χ0) is 12.4. The molecule has 0 spiro atoms. The minimum absolute atomic E-state index is 0.0689. The van der Waals surface area contributed by atoms with Crippen molar-refractivity contribution in [3.63, 3.8) is 0 Å². The van der Waals surface area contributed by atoms with Crippen LogP contribution in [0.5, 0.6) is 5.75 Å². The Bertz CT molecular complexity index is 517. The van der Waals surface area contributed by atoms with Crippen LogP contribution in [0, 0.1) is 0 Å². The fourth-order valence-corrected chi connectivity index (χ4v) is 1.66. The number of fused-ring (bicyclic) bond motifs is 1. The third-order valence-electron chi connectivity index (χ3n) is 2.64. The molecular weight excluding hydrogens is 218 g/mol. The molecule has 0 atom stereocenters. The van der Waals surface area contributed by atoms with E-state index >= 15 is 0 Å². The number of ketones is 2. The second kappa shape index (κ2) is 4.41. The number of carbonyl (C=O) groups is 2. The van der Waals surface area contributed by atoms with Crippen molar-refractivity contribution in [3.8, 4) is 5.75 Å². The molecule has 0 amide bonds. The molecule has 1 N–H and O–H groups in total. The lowest BCUT2D eigenvalue weighted by Crippen LogP contribution is -2.03. The fourth-order valence-electron chi connectivity index (χ4n) is 1.66. The van der Waals surface area contributed by atoms with Gasteiger partial charge in [-0.15, -0.1) is 0 Å². The normalized spacial score (nSPS) is 15.6. The highest BCUT2D eigenvalue weighted by Gasteiger charge is 2.25. The standard InChI is InChI=1S/C13H13NO3/c1-3-8(15)6-12-13(16)10-5-4-9(17-2)7-11(10)14-12/h4-7,14H,3H2,1-2H3/b12-6-. The molecule has 0 saturated carbocycles. The van der Waals surface area contributed by atoms with Crippen molar-refractivity contribution in [1.82, 2.24) is 0 Å². The number of rotatable bonds is 3. The van der Waals surface area contributed by atoms with E-state index in [1.54, 1.807) is 32.2 Å². The molecule has 4 nitrogen and oxygen atoms in total. The molecule has 0 saturated heterocycles. The molecule has 0 fully saturated rings. The van der Waals surface area contributed by atoms with E-state index in [0.717, 1.165) is 0 Å². The summed E-state index contributed by atoms with van der Waals surface area (Å²) in [5, 5.41) is 2.93. The van der Waals surface area contributed by atoms with Crippen molar-refractivity contribution in [1.29, 1.82) is 0 Å². The van der Waals surface area contributed by atoms with Gasteiger partial charge in [-0.3, -0.25) is 9.59 Å². The summed E-state index contributed by atoms with van der Waals surface area (Å²) < 4.78 is 5.07. The Morgan fingerprint density at radius 2 is 2.24 bits per heavy atom. The summed E-state index contributed by atoms with van der Waals surface area (Å²) in [6, 6.07) is 5.16. The van der Waals surface area contributed by atoms with Crippen LogP contribution in [0.25, 0.3) is 0 Å². The summed E-state index contributed by atoms with van der Waals surface area (Å²) >= 11 is 0. The lowest BCUT2D eigenvalue weighted by Gasteiger charge is -2.01.